The number of aryl methyl sites for hydroxylation is 1. The Labute approximate surface area is 127 Å². The third kappa shape index (κ3) is 1.93. The van der Waals surface area contributed by atoms with Crippen LogP contribution in [0.1, 0.15) is 16.1 Å². The Morgan fingerprint density at radius 2 is 2.27 bits per heavy atom. The van der Waals surface area contributed by atoms with Crippen LogP contribution in [-0.2, 0) is 4.74 Å². The molecule has 0 saturated carbocycles. The van der Waals surface area contributed by atoms with E-state index in [9.17, 15) is 9.59 Å². The Morgan fingerprint density at radius 3 is 3.09 bits per heavy atom. The number of carbonyl (C=O) groups excluding carboxylic acids is 2. The fourth-order valence-electron chi connectivity index (χ4n) is 3.09. The first kappa shape index (κ1) is 13.1. The molecule has 2 aliphatic heterocycles. The Kier molecular flexibility index (Phi) is 2.82. The summed E-state index contributed by atoms with van der Waals surface area (Å²) in [5.41, 5.74) is 2.26. The standard InChI is InChI=1S/C15H16N4O3/c1-10-3-2-4-17-8-12(16-13(10)17)14(20)18-5-6-19-11(7-18)9-22-15(19)21/h2-4,8,11H,5-7,9H2,1H3. The van der Waals surface area contributed by atoms with Crippen LogP contribution < -0.4 is 0 Å². The summed E-state index contributed by atoms with van der Waals surface area (Å²) in [7, 11) is 0. The number of pyridine rings is 1. The molecule has 7 heteroatoms. The van der Waals surface area contributed by atoms with Gasteiger partial charge in [0.15, 0.2) is 0 Å². The van der Waals surface area contributed by atoms with Gasteiger partial charge in [0.25, 0.3) is 5.91 Å². The van der Waals surface area contributed by atoms with Crippen LogP contribution in [0.2, 0.25) is 0 Å². The number of imidazole rings is 1. The van der Waals surface area contributed by atoms with Crippen LogP contribution in [0.3, 0.4) is 0 Å². The van der Waals surface area contributed by atoms with Crippen molar-refractivity contribution >= 4 is 17.6 Å². The molecule has 4 heterocycles. The minimum atomic E-state index is -0.277. The predicted molar refractivity (Wildman–Crippen MR) is 77.7 cm³/mol. The number of hydrogen-bond donors (Lipinski definition) is 0. The zero-order valence-corrected chi connectivity index (χ0v) is 12.2. The minimum Gasteiger partial charge on any atom is -0.447 e. The van der Waals surface area contributed by atoms with Crippen LogP contribution in [0.25, 0.3) is 5.65 Å². The molecule has 0 bridgehead atoms. The Hall–Kier alpha value is -2.57. The Morgan fingerprint density at radius 1 is 1.41 bits per heavy atom. The van der Waals surface area contributed by atoms with Gasteiger partial charge >= 0.3 is 6.09 Å². The molecular weight excluding hydrogens is 284 g/mol. The highest BCUT2D eigenvalue weighted by atomic mass is 16.6. The number of rotatable bonds is 1. The van der Waals surface area contributed by atoms with Crippen molar-refractivity contribution in [2.24, 2.45) is 0 Å². The molecule has 2 fully saturated rings. The quantitative estimate of drug-likeness (QED) is 0.785. The summed E-state index contributed by atoms with van der Waals surface area (Å²) in [5.74, 6) is -0.0953. The maximum absolute atomic E-state index is 12.7. The SMILES string of the molecule is Cc1cccn2cc(C(=O)N3CCN4C(=O)OCC4C3)nc12. The van der Waals surface area contributed by atoms with Crippen molar-refractivity contribution in [1.29, 1.82) is 0 Å². The number of carbonyl (C=O) groups is 2. The molecule has 2 aromatic rings. The Balaban J connectivity index is 1.58. The van der Waals surface area contributed by atoms with Crippen molar-refractivity contribution in [2.75, 3.05) is 26.2 Å². The molecule has 2 aliphatic rings. The number of fused-ring (bicyclic) bond motifs is 2. The topological polar surface area (TPSA) is 67.2 Å². The lowest BCUT2D eigenvalue weighted by molar-refractivity contribution is 0.0612. The zero-order valence-electron chi connectivity index (χ0n) is 12.2. The second kappa shape index (κ2) is 4.72. The van der Waals surface area contributed by atoms with Gasteiger partial charge in [-0.3, -0.25) is 9.69 Å². The summed E-state index contributed by atoms with van der Waals surface area (Å²) in [6.07, 6.45) is 3.36. The maximum Gasteiger partial charge on any atom is 0.410 e. The number of amides is 2. The molecule has 0 radical (unpaired) electrons. The number of hydrogen-bond acceptors (Lipinski definition) is 4. The van der Waals surface area contributed by atoms with E-state index in [-0.39, 0.29) is 18.0 Å². The van der Waals surface area contributed by atoms with Crippen LogP contribution >= 0.6 is 0 Å². The third-order valence-corrected chi connectivity index (χ3v) is 4.30. The van der Waals surface area contributed by atoms with E-state index in [0.29, 0.717) is 31.9 Å². The van der Waals surface area contributed by atoms with Crippen LogP contribution in [0, 0.1) is 6.92 Å². The molecule has 0 aliphatic carbocycles. The van der Waals surface area contributed by atoms with Gasteiger partial charge in [0.1, 0.15) is 17.9 Å². The molecule has 114 valence electrons. The summed E-state index contributed by atoms with van der Waals surface area (Å²) in [6.45, 7) is 3.85. The van der Waals surface area contributed by atoms with Crippen LogP contribution in [0.4, 0.5) is 4.79 Å². The van der Waals surface area contributed by atoms with Gasteiger partial charge in [-0.15, -0.1) is 0 Å². The molecule has 2 aromatic heterocycles. The van der Waals surface area contributed by atoms with Crippen molar-refractivity contribution < 1.29 is 14.3 Å². The predicted octanol–water partition coefficient (Wildman–Crippen LogP) is 0.919. The van der Waals surface area contributed by atoms with E-state index in [1.807, 2.05) is 29.7 Å². The van der Waals surface area contributed by atoms with Gasteiger partial charge in [-0.2, -0.15) is 0 Å². The summed E-state index contributed by atoms with van der Waals surface area (Å²) >= 11 is 0. The first-order chi connectivity index (χ1) is 10.6. The van der Waals surface area contributed by atoms with Crippen molar-refractivity contribution in [2.45, 2.75) is 13.0 Å². The average molecular weight is 300 g/mol. The van der Waals surface area contributed by atoms with E-state index in [1.165, 1.54) is 0 Å². The normalized spacial score (nSPS) is 21.1. The Bertz CT molecular complexity index is 769. The van der Waals surface area contributed by atoms with E-state index in [0.717, 1.165) is 11.2 Å². The monoisotopic (exact) mass is 300 g/mol. The first-order valence-corrected chi connectivity index (χ1v) is 7.30. The van der Waals surface area contributed by atoms with Crippen molar-refractivity contribution in [3.05, 3.63) is 35.8 Å². The van der Waals surface area contributed by atoms with Crippen molar-refractivity contribution in [3.8, 4) is 0 Å². The molecule has 7 nitrogen and oxygen atoms in total. The van der Waals surface area contributed by atoms with E-state index in [2.05, 4.69) is 4.98 Å². The first-order valence-electron chi connectivity index (χ1n) is 7.30. The van der Waals surface area contributed by atoms with Gasteiger partial charge in [0.2, 0.25) is 0 Å². The molecule has 2 amide bonds. The maximum atomic E-state index is 12.7. The molecule has 0 N–H and O–H groups in total. The fraction of sp³-hybridized carbons (Fsp3) is 0.400. The summed E-state index contributed by atoms with van der Waals surface area (Å²) in [6, 6.07) is 3.86. The lowest BCUT2D eigenvalue weighted by Crippen LogP contribution is -2.53. The van der Waals surface area contributed by atoms with Gasteiger partial charge < -0.3 is 14.0 Å². The number of piperazine rings is 1. The molecule has 2 saturated heterocycles. The second-order valence-corrected chi connectivity index (χ2v) is 5.72. The molecule has 1 atom stereocenters. The average Bonchev–Trinajstić information content (AvgIpc) is 3.11. The molecule has 0 spiro atoms. The molecule has 0 aromatic carbocycles. The highest BCUT2D eigenvalue weighted by Gasteiger charge is 2.39. The molecule has 1 unspecified atom stereocenters. The molecule has 4 rings (SSSR count). The van der Waals surface area contributed by atoms with Crippen LogP contribution in [0.15, 0.2) is 24.5 Å². The van der Waals surface area contributed by atoms with Crippen LogP contribution in [-0.4, -0.2) is 63.5 Å². The minimum absolute atomic E-state index is 0.0380. The van der Waals surface area contributed by atoms with E-state index in [1.54, 1.807) is 16.0 Å². The highest BCUT2D eigenvalue weighted by Crippen LogP contribution is 2.19. The van der Waals surface area contributed by atoms with E-state index >= 15 is 0 Å². The third-order valence-electron chi connectivity index (χ3n) is 4.30. The van der Waals surface area contributed by atoms with Gasteiger partial charge in [-0.25, -0.2) is 9.78 Å². The van der Waals surface area contributed by atoms with E-state index < -0.39 is 0 Å². The van der Waals surface area contributed by atoms with Gasteiger partial charge in [-0.05, 0) is 18.6 Å². The lowest BCUT2D eigenvalue weighted by atomic mass is 10.2. The smallest absolute Gasteiger partial charge is 0.410 e. The summed E-state index contributed by atoms with van der Waals surface area (Å²) < 4.78 is 6.89. The van der Waals surface area contributed by atoms with Crippen molar-refractivity contribution in [1.82, 2.24) is 19.2 Å². The van der Waals surface area contributed by atoms with Gasteiger partial charge in [0.05, 0.1) is 6.04 Å². The van der Waals surface area contributed by atoms with Gasteiger partial charge in [-0.1, -0.05) is 6.07 Å². The largest absolute Gasteiger partial charge is 0.447 e. The van der Waals surface area contributed by atoms with E-state index in [4.69, 9.17) is 4.74 Å². The number of nitrogens with zero attached hydrogens (tertiary/aromatic N) is 4. The number of cyclic esters (lactones) is 1. The number of ether oxygens (including phenoxy) is 1. The fourth-order valence-corrected chi connectivity index (χ4v) is 3.09. The van der Waals surface area contributed by atoms with Crippen molar-refractivity contribution in [3.63, 3.8) is 0 Å². The van der Waals surface area contributed by atoms with Gasteiger partial charge in [0, 0.05) is 32.0 Å². The summed E-state index contributed by atoms with van der Waals surface area (Å²) in [4.78, 5) is 32.0. The van der Waals surface area contributed by atoms with Crippen LogP contribution in [0.5, 0.6) is 0 Å². The molecular formula is C15H16N4O3. The second-order valence-electron chi connectivity index (χ2n) is 5.72. The highest BCUT2D eigenvalue weighted by molar-refractivity contribution is 5.93. The summed E-state index contributed by atoms with van der Waals surface area (Å²) in [5, 5.41) is 0. The molecule has 22 heavy (non-hydrogen) atoms. The number of aromatic nitrogens is 2. The lowest BCUT2D eigenvalue weighted by Gasteiger charge is -2.34. The zero-order chi connectivity index (χ0) is 15.3.